The summed E-state index contributed by atoms with van der Waals surface area (Å²) >= 11 is 0. The molecule has 0 bridgehead atoms. The van der Waals surface area contributed by atoms with Crippen molar-refractivity contribution in [3.8, 4) is 11.5 Å². The van der Waals surface area contributed by atoms with E-state index in [0.717, 1.165) is 12.1 Å². The van der Waals surface area contributed by atoms with E-state index in [4.69, 9.17) is 9.47 Å². The SMILES string of the molecule is COc1ccc(OC)c(C(=O)/C=C/c2cccc(C(F)(F)F)c2)c1. The molecule has 0 aliphatic rings. The van der Waals surface area contributed by atoms with Crippen molar-refractivity contribution in [3.63, 3.8) is 0 Å². The topological polar surface area (TPSA) is 35.5 Å². The van der Waals surface area contributed by atoms with Crippen LogP contribution in [0.15, 0.2) is 48.5 Å². The van der Waals surface area contributed by atoms with Gasteiger partial charge in [0.2, 0.25) is 0 Å². The fourth-order valence-corrected chi connectivity index (χ4v) is 2.09. The number of hydrogen-bond acceptors (Lipinski definition) is 3. The Morgan fingerprint density at radius 2 is 1.79 bits per heavy atom. The molecule has 0 radical (unpaired) electrons. The van der Waals surface area contributed by atoms with E-state index in [1.54, 1.807) is 12.1 Å². The number of benzene rings is 2. The number of ketones is 1. The second kappa shape index (κ2) is 7.21. The van der Waals surface area contributed by atoms with Crippen LogP contribution in [0.4, 0.5) is 13.2 Å². The van der Waals surface area contributed by atoms with Crippen molar-refractivity contribution < 1.29 is 27.4 Å². The van der Waals surface area contributed by atoms with Gasteiger partial charge < -0.3 is 9.47 Å². The standard InChI is InChI=1S/C18H15F3O3/c1-23-14-7-9-17(24-2)15(11-14)16(22)8-6-12-4-3-5-13(10-12)18(19,20)21/h3-11H,1-2H3/b8-6+. The molecule has 0 atom stereocenters. The predicted molar refractivity (Wildman–Crippen MR) is 84.4 cm³/mol. The van der Waals surface area contributed by atoms with Crippen LogP contribution in [0.5, 0.6) is 11.5 Å². The van der Waals surface area contributed by atoms with Crippen molar-refractivity contribution in [1.29, 1.82) is 0 Å². The molecule has 0 saturated heterocycles. The van der Waals surface area contributed by atoms with Gasteiger partial charge >= 0.3 is 6.18 Å². The van der Waals surface area contributed by atoms with Crippen LogP contribution in [-0.4, -0.2) is 20.0 Å². The summed E-state index contributed by atoms with van der Waals surface area (Å²) in [4.78, 5) is 12.3. The smallest absolute Gasteiger partial charge is 0.416 e. The molecule has 3 nitrogen and oxygen atoms in total. The van der Waals surface area contributed by atoms with E-state index < -0.39 is 17.5 Å². The third-order valence-electron chi connectivity index (χ3n) is 3.31. The van der Waals surface area contributed by atoms with E-state index in [9.17, 15) is 18.0 Å². The average Bonchev–Trinajstić information content (AvgIpc) is 2.58. The van der Waals surface area contributed by atoms with Crippen molar-refractivity contribution in [2.24, 2.45) is 0 Å². The Kier molecular flexibility index (Phi) is 5.28. The molecule has 2 aromatic carbocycles. The van der Waals surface area contributed by atoms with Crippen LogP contribution in [0.1, 0.15) is 21.5 Å². The number of halogens is 3. The predicted octanol–water partition coefficient (Wildman–Crippen LogP) is 4.62. The molecule has 0 unspecified atom stereocenters. The van der Waals surface area contributed by atoms with E-state index in [1.165, 1.54) is 44.6 Å². The molecular weight excluding hydrogens is 321 g/mol. The van der Waals surface area contributed by atoms with E-state index >= 15 is 0 Å². The Hall–Kier alpha value is -2.76. The molecule has 6 heteroatoms. The lowest BCUT2D eigenvalue weighted by molar-refractivity contribution is -0.137. The number of alkyl halides is 3. The first kappa shape index (κ1) is 17.6. The summed E-state index contributed by atoms with van der Waals surface area (Å²) in [7, 11) is 2.89. The molecule has 0 aromatic heterocycles. The lowest BCUT2D eigenvalue weighted by atomic mass is 10.1. The lowest BCUT2D eigenvalue weighted by Crippen LogP contribution is -2.04. The van der Waals surface area contributed by atoms with Gasteiger partial charge in [0.25, 0.3) is 0 Å². The third kappa shape index (κ3) is 4.16. The number of carbonyl (C=O) groups is 1. The van der Waals surface area contributed by atoms with Gasteiger partial charge in [0.05, 0.1) is 25.3 Å². The summed E-state index contributed by atoms with van der Waals surface area (Å²) in [5.41, 5.74) is -0.226. The molecule has 2 rings (SSSR count). The highest BCUT2D eigenvalue weighted by atomic mass is 19.4. The number of rotatable bonds is 5. The minimum absolute atomic E-state index is 0.264. The monoisotopic (exact) mass is 336 g/mol. The first-order valence-electron chi connectivity index (χ1n) is 6.97. The van der Waals surface area contributed by atoms with Gasteiger partial charge in [0.1, 0.15) is 11.5 Å². The normalized spacial score (nSPS) is 11.5. The van der Waals surface area contributed by atoms with Gasteiger partial charge in [-0.15, -0.1) is 0 Å². The fourth-order valence-electron chi connectivity index (χ4n) is 2.09. The molecule has 0 aliphatic heterocycles. The van der Waals surface area contributed by atoms with Crippen molar-refractivity contribution in [1.82, 2.24) is 0 Å². The molecule has 126 valence electrons. The second-order valence-electron chi connectivity index (χ2n) is 4.89. The van der Waals surface area contributed by atoms with Gasteiger partial charge in [0.15, 0.2) is 5.78 Å². The highest BCUT2D eigenvalue weighted by Crippen LogP contribution is 2.30. The Labute approximate surface area is 137 Å². The summed E-state index contributed by atoms with van der Waals surface area (Å²) < 4.78 is 48.3. The fraction of sp³-hybridized carbons (Fsp3) is 0.167. The summed E-state index contributed by atoms with van der Waals surface area (Å²) in [5.74, 6) is 0.435. The minimum Gasteiger partial charge on any atom is -0.497 e. The zero-order valence-electron chi connectivity index (χ0n) is 13.1. The average molecular weight is 336 g/mol. The molecule has 24 heavy (non-hydrogen) atoms. The quantitative estimate of drug-likeness (QED) is 0.590. The highest BCUT2D eigenvalue weighted by Gasteiger charge is 2.30. The first-order valence-corrected chi connectivity index (χ1v) is 6.97. The Morgan fingerprint density at radius 3 is 2.42 bits per heavy atom. The van der Waals surface area contributed by atoms with Gasteiger partial charge in [-0.1, -0.05) is 18.2 Å². The molecule has 0 N–H and O–H groups in total. The van der Waals surface area contributed by atoms with Crippen LogP contribution >= 0.6 is 0 Å². The second-order valence-corrected chi connectivity index (χ2v) is 4.89. The minimum atomic E-state index is -4.43. The molecule has 0 saturated carbocycles. The first-order chi connectivity index (χ1) is 11.3. The van der Waals surface area contributed by atoms with E-state index in [2.05, 4.69) is 0 Å². The molecular formula is C18H15F3O3. The van der Waals surface area contributed by atoms with Gasteiger partial charge in [0, 0.05) is 0 Å². The molecule has 2 aromatic rings. The molecule has 0 heterocycles. The maximum atomic E-state index is 12.7. The largest absolute Gasteiger partial charge is 0.497 e. The molecule has 0 spiro atoms. The van der Waals surface area contributed by atoms with E-state index in [0.29, 0.717) is 11.5 Å². The van der Waals surface area contributed by atoms with E-state index in [1.807, 2.05) is 0 Å². The van der Waals surface area contributed by atoms with Crippen molar-refractivity contribution >= 4 is 11.9 Å². The molecule has 0 amide bonds. The molecule has 0 aliphatic carbocycles. The summed E-state index contributed by atoms with van der Waals surface area (Å²) in [6.07, 6.45) is -1.90. The number of hydrogen-bond donors (Lipinski definition) is 0. The van der Waals surface area contributed by atoms with Crippen molar-refractivity contribution in [3.05, 3.63) is 65.2 Å². The summed E-state index contributed by atoms with van der Waals surface area (Å²) in [6.45, 7) is 0. The van der Waals surface area contributed by atoms with Crippen LogP contribution in [0, 0.1) is 0 Å². The Balaban J connectivity index is 2.28. The van der Waals surface area contributed by atoms with Crippen LogP contribution in [0.3, 0.4) is 0 Å². The van der Waals surface area contributed by atoms with Gasteiger partial charge in [-0.25, -0.2) is 0 Å². The third-order valence-corrected chi connectivity index (χ3v) is 3.31. The van der Waals surface area contributed by atoms with Crippen LogP contribution in [0.25, 0.3) is 6.08 Å². The van der Waals surface area contributed by atoms with Gasteiger partial charge in [-0.3, -0.25) is 4.79 Å². The van der Waals surface area contributed by atoms with Gasteiger partial charge in [-0.05, 0) is 42.0 Å². The number of ether oxygens (including phenoxy) is 2. The van der Waals surface area contributed by atoms with E-state index in [-0.39, 0.29) is 11.1 Å². The van der Waals surface area contributed by atoms with Crippen LogP contribution in [0.2, 0.25) is 0 Å². The zero-order chi connectivity index (χ0) is 17.7. The summed E-state index contributed by atoms with van der Waals surface area (Å²) in [5, 5.41) is 0. The highest BCUT2D eigenvalue weighted by molar-refractivity contribution is 6.08. The van der Waals surface area contributed by atoms with Crippen LogP contribution < -0.4 is 9.47 Å². The lowest BCUT2D eigenvalue weighted by Gasteiger charge is -2.08. The summed E-state index contributed by atoms with van der Waals surface area (Å²) in [6, 6.07) is 9.48. The number of allylic oxidation sites excluding steroid dienone is 1. The maximum absolute atomic E-state index is 12.7. The van der Waals surface area contributed by atoms with Crippen LogP contribution in [-0.2, 0) is 6.18 Å². The number of methoxy groups -OCH3 is 2. The number of carbonyl (C=O) groups excluding carboxylic acids is 1. The van der Waals surface area contributed by atoms with Crippen molar-refractivity contribution in [2.75, 3.05) is 14.2 Å². The molecule has 0 fully saturated rings. The zero-order valence-corrected chi connectivity index (χ0v) is 13.1. The Morgan fingerprint density at radius 1 is 1.04 bits per heavy atom. The Bertz CT molecular complexity index is 764. The van der Waals surface area contributed by atoms with Gasteiger partial charge in [-0.2, -0.15) is 13.2 Å². The van der Waals surface area contributed by atoms with Crippen molar-refractivity contribution in [2.45, 2.75) is 6.18 Å². The maximum Gasteiger partial charge on any atom is 0.416 e.